The second kappa shape index (κ2) is 10.7. The summed E-state index contributed by atoms with van der Waals surface area (Å²) in [6.45, 7) is 12.8. The molecule has 8 nitrogen and oxygen atoms in total. The molecule has 2 rings (SSSR count). The maximum atomic E-state index is 11.7. The molecule has 2 fully saturated rings. The van der Waals surface area contributed by atoms with E-state index >= 15 is 0 Å². The van der Waals surface area contributed by atoms with Gasteiger partial charge in [-0.15, -0.1) is 0 Å². The zero-order valence-electron chi connectivity index (χ0n) is 17.3. The molecule has 2 saturated heterocycles. The number of morpholine rings is 1. The minimum atomic E-state index is -0.476. The Hall–Kier alpha value is -1.54. The molecule has 2 unspecified atom stereocenters. The van der Waals surface area contributed by atoms with Crippen molar-refractivity contribution >= 4 is 12.1 Å². The molecule has 2 N–H and O–H groups in total. The molecular weight excluding hydrogens is 348 g/mol. The number of rotatable bonds is 6. The number of amides is 1. The van der Waals surface area contributed by atoms with Gasteiger partial charge in [-0.1, -0.05) is 0 Å². The molecule has 2 aliphatic rings. The van der Waals surface area contributed by atoms with Gasteiger partial charge in [-0.05, 0) is 47.0 Å². The van der Waals surface area contributed by atoms with Crippen molar-refractivity contribution in [2.45, 2.75) is 64.8 Å². The SMILES string of the molecule is CCNC(=NCCCNC(=O)OC(C)(C)C)N1CCOC(C2CCCO2)C1. The number of alkyl carbamates (subject to hydrolysis) is 1. The minimum absolute atomic E-state index is 0.110. The van der Waals surface area contributed by atoms with E-state index in [1.165, 1.54) is 0 Å². The standard InChI is InChI=1S/C19H36N4O4/c1-5-20-17(21-9-7-10-22-18(24)27-19(2,3)4)23-11-13-26-16(14-23)15-8-6-12-25-15/h15-16H,5-14H2,1-4H3,(H,20,21)(H,22,24). The highest BCUT2D eigenvalue weighted by Gasteiger charge is 2.32. The Kier molecular flexibility index (Phi) is 8.63. The fourth-order valence-electron chi connectivity index (χ4n) is 3.18. The minimum Gasteiger partial charge on any atom is -0.444 e. The Morgan fingerprint density at radius 2 is 2.00 bits per heavy atom. The second-order valence-electron chi connectivity index (χ2n) is 7.92. The van der Waals surface area contributed by atoms with Crippen LogP contribution in [0.4, 0.5) is 4.79 Å². The number of guanidine groups is 1. The van der Waals surface area contributed by atoms with E-state index in [0.29, 0.717) is 19.7 Å². The summed E-state index contributed by atoms with van der Waals surface area (Å²) < 4.78 is 16.9. The molecule has 0 aromatic carbocycles. The zero-order valence-corrected chi connectivity index (χ0v) is 17.3. The van der Waals surface area contributed by atoms with Crippen LogP contribution in [-0.2, 0) is 14.2 Å². The smallest absolute Gasteiger partial charge is 0.407 e. The van der Waals surface area contributed by atoms with Crippen LogP contribution in [0.5, 0.6) is 0 Å². The quantitative estimate of drug-likeness (QED) is 0.412. The second-order valence-corrected chi connectivity index (χ2v) is 7.92. The third-order valence-corrected chi connectivity index (χ3v) is 4.37. The van der Waals surface area contributed by atoms with E-state index < -0.39 is 5.60 Å². The molecule has 8 heteroatoms. The van der Waals surface area contributed by atoms with Gasteiger partial charge in [0.15, 0.2) is 5.96 Å². The van der Waals surface area contributed by atoms with Gasteiger partial charge in [0.05, 0.1) is 12.7 Å². The molecule has 2 atom stereocenters. The van der Waals surface area contributed by atoms with Crippen LogP contribution in [-0.4, -0.2) is 80.7 Å². The van der Waals surface area contributed by atoms with Crippen molar-refractivity contribution in [2.24, 2.45) is 4.99 Å². The summed E-state index contributed by atoms with van der Waals surface area (Å²) in [7, 11) is 0. The Balaban J connectivity index is 1.76. The largest absolute Gasteiger partial charge is 0.444 e. The third kappa shape index (κ3) is 7.92. The van der Waals surface area contributed by atoms with Crippen LogP contribution in [0, 0.1) is 0 Å². The van der Waals surface area contributed by atoms with Gasteiger partial charge < -0.3 is 29.7 Å². The van der Waals surface area contributed by atoms with Crippen molar-refractivity contribution in [3.63, 3.8) is 0 Å². The molecule has 0 radical (unpaired) electrons. The topological polar surface area (TPSA) is 84.4 Å². The van der Waals surface area contributed by atoms with Crippen molar-refractivity contribution in [3.8, 4) is 0 Å². The van der Waals surface area contributed by atoms with Crippen LogP contribution in [0.1, 0.15) is 47.0 Å². The van der Waals surface area contributed by atoms with Crippen LogP contribution in [0.15, 0.2) is 4.99 Å². The molecule has 0 aromatic heterocycles. The number of ether oxygens (including phenoxy) is 3. The van der Waals surface area contributed by atoms with Gasteiger partial charge >= 0.3 is 6.09 Å². The fourth-order valence-corrected chi connectivity index (χ4v) is 3.18. The van der Waals surface area contributed by atoms with Crippen LogP contribution in [0.25, 0.3) is 0 Å². The average molecular weight is 385 g/mol. The molecule has 2 heterocycles. The predicted molar refractivity (Wildman–Crippen MR) is 105 cm³/mol. The van der Waals surface area contributed by atoms with E-state index in [0.717, 1.165) is 51.5 Å². The predicted octanol–water partition coefficient (Wildman–Crippen LogP) is 1.75. The van der Waals surface area contributed by atoms with Crippen LogP contribution >= 0.6 is 0 Å². The lowest BCUT2D eigenvalue weighted by Gasteiger charge is -2.37. The number of hydrogen-bond acceptors (Lipinski definition) is 5. The molecule has 0 aliphatic carbocycles. The van der Waals surface area contributed by atoms with Gasteiger partial charge in [0.1, 0.15) is 11.7 Å². The van der Waals surface area contributed by atoms with E-state index in [9.17, 15) is 4.79 Å². The monoisotopic (exact) mass is 384 g/mol. The zero-order chi connectivity index (χ0) is 19.7. The van der Waals surface area contributed by atoms with E-state index in [4.69, 9.17) is 19.2 Å². The van der Waals surface area contributed by atoms with E-state index in [2.05, 4.69) is 22.5 Å². The van der Waals surface area contributed by atoms with Gasteiger partial charge in [-0.2, -0.15) is 0 Å². The highest BCUT2D eigenvalue weighted by molar-refractivity contribution is 5.80. The summed E-state index contributed by atoms with van der Waals surface area (Å²) in [4.78, 5) is 18.6. The number of nitrogens with one attached hydrogen (secondary N) is 2. The molecule has 0 spiro atoms. The molecule has 0 bridgehead atoms. The molecule has 156 valence electrons. The first-order chi connectivity index (χ1) is 12.9. The molecule has 0 saturated carbocycles. The van der Waals surface area contributed by atoms with Crippen molar-refractivity contribution < 1.29 is 19.0 Å². The Morgan fingerprint density at radius 3 is 2.67 bits per heavy atom. The number of aliphatic imine (C=N–C) groups is 1. The lowest BCUT2D eigenvalue weighted by atomic mass is 10.1. The van der Waals surface area contributed by atoms with E-state index in [1.54, 1.807) is 0 Å². The Labute approximate surface area is 163 Å². The van der Waals surface area contributed by atoms with Crippen molar-refractivity contribution in [2.75, 3.05) is 45.9 Å². The van der Waals surface area contributed by atoms with E-state index in [-0.39, 0.29) is 18.3 Å². The van der Waals surface area contributed by atoms with Crippen LogP contribution in [0.2, 0.25) is 0 Å². The molecule has 2 aliphatic heterocycles. The number of hydrogen-bond donors (Lipinski definition) is 2. The summed E-state index contributed by atoms with van der Waals surface area (Å²) in [6.07, 6.45) is 2.87. The summed E-state index contributed by atoms with van der Waals surface area (Å²) in [5.74, 6) is 0.904. The average Bonchev–Trinajstić information content (AvgIpc) is 3.14. The van der Waals surface area contributed by atoms with Crippen molar-refractivity contribution in [1.82, 2.24) is 15.5 Å². The molecule has 27 heavy (non-hydrogen) atoms. The summed E-state index contributed by atoms with van der Waals surface area (Å²) in [6, 6.07) is 0. The normalized spacial score (nSPS) is 24.0. The van der Waals surface area contributed by atoms with Gasteiger partial charge in [0.2, 0.25) is 0 Å². The van der Waals surface area contributed by atoms with Gasteiger partial charge in [0.25, 0.3) is 0 Å². The number of carbonyl (C=O) groups is 1. The maximum absolute atomic E-state index is 11.7. The van der Waals surface area contributed by atoms with E-state index in [1.807, 2.05) is 20.8 Å². The maximum Gasteiger partial charge on any atom is 0.407 e. The summed E-state index contributed by atoms with van der Waals surface area (Å²) >= 11 is 0. The molecule has 0 aromatic rings. The third-order valence-electron chi connectivity index (χ3n) is 4.37. The first-order valence-electron chi connectivity index (χ1n) is 10.1. The lowest BCUT2D eigenvalue weighted by molar-refractivity contribution is -0.0817. The van der Waals surface area contributed by atoms with Crippen molar-refractivity contribution in [3.05, 3.63) is 0 Å². The Bertz CT molecular complexity index is 487. The summed E-state index contributed by atoms with van der Waals surface area (Å²) in [5.41, 5.74) is -0.476. The van der Waals surface area contributed by atoms with Gasteiger partial charge in [-0.3, -0.25) is 4.99 Å². The van der Waals surface area contributed by atoms with Crippen LogP contribution < -0.4 is 10.6 Å². The highest BCUT2D eigenvalue weighted by Crippen LogP contribution is 2.21. The highest BCUT2D eigenvalue weighted by atomic mass is 16.6. The van der Waals surface area contributed by atoms with Crippen molar-refractivity contribution in [1.29, 1.82) is 0 Å². The van der Waals surface area contributed by atoms with Gasteiger partial charge in [0, 0.05) is 39.3 Å². The molecule has 1 amide bonds. The first-order valence-corrected chi connectivity index (χ1v) is 10.1. The summed E-state index contributed by atoms with van der Waals surface area (Å²) in [5, 5.41) is 6.13. The first kappa shape index (κ1) is 21.8. The lowest BCUT2D eigenvalue weighted by Crippen LogP contribution is -2.53. The van der Waals surface area contributed by atoms with Gasteiger partial charge in [-0.25, -0.2) is 4.79 Å². The number of carbonyl (C=O) groups excluding carboxylic acids is 1. The molecular formula is C19H36N4O4. The fraction of sp³-hybridized carbons (Fsp3) is 0.895. The number of nitrogens with zero attached hydrogens (tertiary/aromatic N) is 2. The van der Waals surface area contributed by atoms with Crippen LogP contribution in [0.3, 0.4) is 0 Å². The Morgan fingerprint density at radius 1 is 1.22 bits per heavy atom.